The Balaban J connectivity index is 2.39. The molecule has 0 saturated carbocycles. The summed E-state index contributed by atoms with van der Waals surface area (Å²) in [5.74, 6) is 1.66. The van der Waals surface area contributed by atoms with Crippen LogP contribution in [0.25, 0.3) is 0 Å². The number of nitrogens with one attached hydrogen (secondary N) is 1. The Morgan fingerprint density at radius 1 is 1.60 bits per heavy atom. The topological polar surface area (TPSA) is 21.3 Å². The maximum atomic E-state index is 5.11. The van der Waals surface area contributed by atoms with Crippen LogP contribution in [0.4, 0.5) is 0 Å². The van der Waals surface area contributed by atoms with Crippen LogP contribution in [0.15, 0.2) is 24.1 Å². The van der Waals surface area contributed by atoms with Crippen molar-refractivity contribution in [1.29, 1.82) is 0 Å². The van der Waals surface area contributed by atoms with Crippen molar-refractivity contribution in [3.05, 3.63) is 24.1 Å². The SMILES string of the molecule is CC(C)CC1=CC=CNO1. The van der Waals surface area contributed by atoms with Crippen LogP contribution in [0.2, 0.25) is 0 Å². The number of rotatable bonds is 2. The fourth-order valence-corrected chi connectivity index (χ4v) is 0.851. The molecule has 0 spiro atoms. The van der Waals surface area contributed by atoms with E-state index in [2.05, 4.69) is 19.3 Å². The summed E-state index contributed by atoms with van der Waals surface area (Å²) in [6.07, 6.45) is 6.69. The largest absolute Gasteiger partial charge is 0.387 e. The molecular formula is C8H13NO. The van der Waals surface area contributed by atoms with Crippen LogP contribution in [0, 0.1) is 5.92 Å². The van der Waals surface area contributed by atoms with E-state index in [1.165, 1.54) is 0 Å². The second-order valence-electron chi connectivity index (χ2n) is 2.81. The molecule has 1 aliphatic rings. The summed E-state index contributed by atoms with van der Waals surface area (Å²) in [6, 6.07) is 0. The van der Waals surface area contributed by atoms with Gasteiger partial charge in [0.25, 0.3) is 0 Å². The van der Waals surface area contributed by atoms with Gasteiger partial charge in [-0.3, -0.25) is 0 Å². The molecular weight excluding hydrogens is 126 g/mol. The molecule has 0 fully saturated rings. The lowest BCUT2D eigenvalue weighted by Crippen LogP contribution is -2.10. The monoisotopic (exact) mass is 139 g/mol. The van der Waals surface area contributed by atoms with Gasteiger partial charge >= 0.3 is 0 Å². The number of hydrogen-bond donors (Lipinski definition) is 1. The van der Waals surface area contributed by atoms with Gasteiger partial charge in [-0.05, 0) is 18.1 Å². The third-order valence-electron chi connectivity index (χ3n) is 1.25. The lowest BCUT2D eigenvalue weighted by Gasteiger charge is -2.12. The Morgan fingerprint density at radius 3 is 2.90 bits per heavy atom. The molecule has 0 unspecified atom stereocenters. The second kappa shape index (κ2) is 3.30. The quantitative estimate of drug-likeness (QED) is 0.631. The molecule has 1 rings (SSSR count). The summed E-state index contributed by atoms with van der Waals surface area (Å²) >= 11 is 0. The minimum Gasteiger partial charge on any atom is -0.387 e. The third-order valence-corrected chi connectivity index (χ3v) is 1.25. The van der Waals surface area contributed by atoms with E-state index in [1.807, 2.05) is 12.2 Å². The fourth-order valence-electron chi connectivity index (χ4n) is 0.851. The zero-order valence-electron chi connectivity index (χ0n) is 6.42. The predicted molar refractivity (Wildman–Crippen MR) is 40.9 cm³/mol. The highest BCUT2D eigenvalue weighted by atomic mass is 16.6. The summed E-state index contributed by atoms with van der Waals surface area (Å²) < 4.78 is 0. The summed E-state index contributed by atoms with van der Waals surface area (Å²) in [4.78, 5) is 5.11. The highest BCUT2D eigenvalue weighted by molar-refractivity contribution is 5.09. The van der Waals surface area contributed by atoms with E-state index in [4.69, 9.17) is 4.84 Å². The molecule has 0 saturated heterocycles. The van der Waals surface area contributed by atoms with E-state index in [0.717, 1.165) is 12.2 Å². The van der Waals surface area contributed by atoms with Crippen molar-refractivity contribution in [2.75, 3.05) is 0 Å². The molecule has 0 aromatic heterocycles. The number of hydrogen-bond acceptors (Lipinski definition) is 2. The molecule has 1 N–H and O–H groups in total. The molecule has 0 aromatic rings. The van der Waals surface area contributed by atoms with Gasteiger partial charge in [-0.2, -0.15) is 0 Å². The molecule has 1 heterocycles. The minimum absolute atomic E-state index is 0.652. The van der Waals surface area contributed by atoms with Crippen molar-refractivity contribution in [2.24, 2.45) is 5.92 Å². The normalized spacial score (nSPS) is 16.1. The Kier molecular flexibility index (Phi) is 2.37. The fraction of sp³-hybridized carbons (Fsp3) is 0.500. The molecule has 2 nitrogen and oxygen atoms in total. The van der Waals surface area contributed by atoms with Crippen LogP contribution in [0.1, 0.15) is 20.3 Å². The summed E-state index contributed by atoms with van der Waals surface area (Å²) in [7, 11) is 0. The zero-order chi connectivity index (χ0) is 7.40. The maximum absolute atomic E-state index is 5.11. The Labute approximate surface area is 61.5 Å². The molecule has 56 valence electrons. The molecule has 0 amide bonds. The van der Waals surface area contributed by atoms with Crippen molar-refractivity contribution in [2.45, 2.75) is 20.3 Å². The van der Waals surface area contributed by atoms with Gasteiger partial charge in [0.1, 0.15) is 5.76 Å². The first-order valence-corrected chi connectivity index (χ1v) is 3.57. The lowest BCUT2D eigenvalue weighted by molar-refractivity contribution is 0.125. The molecule has 0 radical (unpaired) electrons. The van der Waals surface area contributed by atoms with Gasteiger partial charge in [-0.15, -0.1) is 0 Å². The first-order chi connectivity index (χ1) is 4.79. The van der Waals surface area contributed by atoms with E-state index in [1.54, 1.807) is 6.20 Å². The first kappa shape index (κ1) is 7.19. The zero-order valence-corrected chi connectivity index (χ0v) is 6.42. The van der Waals surface area contributed by atoms with Gasteiger partial charge in [-0.25, -0.2) is 5.48 Å². The molecule has 10 heavy (non-hydrogen) atoms. The maximum Gasteiger partial charge on any atom is 0.132 e. The van der Waals surface area contributed by atoms with Gasteiger partial charge in [0.2, 0.25) is 0 Å². The molecule has 0 atom stereocenters. The average molecular weight is 139 g/mol. The highest BCUT2D eigenvalue weighted by Crippen LogP contribution is 2.12. The van der Waals surface area contributed by atoms with E-state index in [9.17, 15) is 0 Å². The molecule has 0 aromatic carbocycles. The van der Waals surface area contributed by atoms with Crippen molar-refractivity contribution >= 4 is 0 Å². The Hall–Kier alpha value is -0.920. The van der Waals surface area contributed by atoms with Crippen LogP contribution in [0.3, 0.4) is 0 Å². The van der Waals surface area contributed by atoms with E-state index in [0.29, 0.717) is 5.92 Å². The summed E-state index contributed by atoms with van der Waals surface area (Å²) in [6.45, 7) is 4.34. The number of allylic oxidation sites excluding steroid dienone is 3. The standard InChI is InChI=1S/C8H13NO/c1-7(2)6-8-4-3-5-9-10-8/h3-5,7,9H,6H2,1-2H3. The molecule has 2 heteroatoms. The summed E-state index contributed by atoms with van der Waals surface area (Å²) in [5, 5.41) is 0. The molecule has 0 bridgehead atoms. The second-order valence-corrected chi connectivity index (χ2v) is 2.81. The van der Waals surface area contributed by atoms with Crippen LogP contribution in [0.5, 0.6) is 0 Å². The van der Waals surface area contributed by atoms with Gasteiger partial charge in [0.15, 0.2) is 0 Å². The van der Waals surface area contributed by atoms with Gasteiger partial charge in [0, 0.05) is 12.6 Å². The van der Waals surface area contributed by atoms with E-state index >= 15 is 0 Å². The van der Waals surface area contributed by atoms with Crippen molar-refractivity contribution < 1.29 is 4.84 Å². The van der Waals surface area contributed by atoms with Crippen LogP contribution in [-0.4, -0.2) is 0 Å². The van der Waals surface area contributed by atoms with Crippen molar-refractivity contribution in [1.82, 2.24) is 5.48 Å². The molecule has 1 aliphatic heterocycles. The Morgan fingerprint density at radius 2 is 2.40 bits per heavy atom. The van der Waals surface area contributed by atoms with E-state index in [-0.39, 0.29) is 0 Å². The summed E-state index contributed by atoms with van der Waals surface area (Å²) in [5.41, 5.74) is 2.69. The third kappa shape index (κ3) is 2.13. The van der Waals surface area contributed by atoms with Gasteiger partial charge < -0.3 is 4.84 Å². The van der Waals surface area contributed by atoms with Crippen molar-refractivity contribution in [3.8, 4) is 0 Å². The molecule has 0 aliphatic carbocycles. The number of hydroxylamine groups is 1. The average Bonchev–Trinajstić information content (AvgIpc) is 1.88. The first-order valence-electron chi connectivity index (χ1n) is 3.57. The van der Waals surface area contributed by atoms with Crippen molar-refractivity contribution in [3.63, 3.8) is 0 Å². The van der Waals surface area contributed by atoms with Crippen LogP contribution < -0.4 is 5.48 Å². The Bertz CT molecular complexity index is 159. The van der Waals surface area contributed by atoms with Crippen LogP contribution >= 0.6 is 0 Å². The highest BCUT2D eigenvalue weighted by Gasteiger charge is 2.02. The lowest BCUT2D eigenvalue weighted by atomic mass is 10.1. The predicted octanol–water partition coefficient (Wildman–Crippen LogP) is 1.96. The minimum atomic E-state index is 0.652. The van der Waals surface area contributed by atoms with Gasteiger partial charge in [-0.1, -0.05) is 13.8 Å². The van der Waals surface area contributed by atoms with Crippen LogP contribution in [-0.2, 0) is 4.84 Å². The van der Waals surface area contributed by atoms with Gasteiger partial charge in [0.05, 0.1) is 0 Å². The smallest absolute Gasteiger partial charge is 0.132 e. The van der Waals surface area contributed by atoms with E-state index < -0.39 is 0 Å².